The highest BCUT2D eigenvalue weighted by molar-refractivity contribution is 9.10. The fourth-order valence-corrected chi connectivity index (χ4v) is 4.19. The fraction of sp³-hybridized carbons (Fsp3) is 0.350. The first-order valence-corrected chi connectivity index (χ1v) is 9.84. The van der Waals surface area contributed by atoms with Crippen molar-refractivity contribution in [3.05, 3.63) is 63.1 Å². The molecule has 0 spiro atoms. The highest BCUT2D eigenvalue weighted by atomic mass is 79.9. The first kappa shape index (κ1) is 19.2. The van der Waals surface area contributed by atoms with Crippen LogP contribution in [0.15, 0.2) is 46.9 Å². The van der Waals surface area contributed by atoms with Crippen LogP contribution in [0.1, 0.15) is 36.9 Å². The van der Waals surface area contributed by atoms with E-state index in [9.17, 15) is 9.90 Å². The molecule has 0 aliphatic carbocycles. The maximum Gasteiger partial charge on any atom is 0.320 e. The zero-order valence-corrected chi connectivity index (χ0v) is 16.8. The average molecular weight is 439 g/mol. The molecule has 6 heteroatoms. The lowest BCUT2D eigenvalue weighted by Crippen LogP contribution is -2.39. The topological polar surface area (TPSA) is 49.8 Å². The van der Waals surface area contributed by atoms with Crippen LogP contribution in [0.2, 0.25) is 5.02 Å². The van der Waals surface area contributed by atoms with Crippen LogP contribution in [0.5, 0.6) is 5.75 Å². The van der Waals surface area contributed by atoms with E-state index in [1.807, 2.05) is 54.3 Å². The van der Waals surface area contributed by atoms with Crippen molar-refractivity contribution in [2.24, 2.45) is 0 Å². The summed E-state index contributed by atoms with van der Waals surface area (Å²) in [4.78, 5) is 13.9. The lowest BCUT2D eigenvalue weighted by molar-refractivity contribution is -0.142. The summed E-state index contributed by atoms with van der Waals surface area (Å²) in [5, 5.41) is 10.3. The Kier molecular flexibility index (Phi) is 6.22. The number of rotatable bonds is 6. The molecular formula is C20H21BrClNO3. The Labute approximate surface area is 166 Å². The van der Waals surface area contributed by atoms with Crippen LogP contribution in [0, 0.1) is 0 Å². The van der Waals surface area contributed by atoms with Gasteiger partial charge in [-0.2, -0.15) is 0 Å². The number of carboxylic acids is 1. The number of hydrogen-bond acceptors (Lipinski definition) is 3. The number of benzene rings is 2. The third-order valence-corrected chi connectivity index (χ3v) is 5.37. The Morgan fingerprint density at radius 1 is 1.38 bits per heavy atom. The molecule has 0 radical (unpaired) electrons. The molecule has 4 nitrogen and oxygen atoms in total. The van der Waals surface area contributed by atoms with Gasteiger partial charge in [0.05, 0.1) is 12.6 Å². The van der Waals surface area contributed by atoms with Gasteiger partial charge in [-0.3, -0.25) is 9.69 Å². The minimum absolute atomic E-state index is 0.239. The molecular weight excluding hydrogens is 418 g/mol. The summed E-state index contributed by atoms with van der Waals surface area (Å²) in [7, 11) is 0. The molecule has 1 heterocycles. The van der Waals surface area contributed by atoms with Gasteiger partial charge in [-0.15, -0.1) is 0 Å². The van der Waals surface area contributed by atoms with Crippen molar-refractivity contribution in [2.45, 2.75) is 31.8 Å². The fourth-order valence-electron chi connectivity index (χ4n) is 3.61. The predicted molar refractivity (Wildman–Crippen MR) is 106 cm³/mol. The predicted octanol–water partition coefficient (Wildman–Crippen LogP) is 5.14. The lowest BCUT2D eigenvalue weighted by Gasteiger charge is -2.33. The minimum atomic E-state index is -0.789. The number of likely N-dealkylation sites (tertiary alicyclic amines) is 1. The summed E-state index contributed by atoms with van der Waals surface area (Å²) in [6.45, 7) is 3.20. The molecule has 1 aliphatic rings. The number of aliphatic carboxylic acids is 1. The van der Waals surface area contributed by atoms with Gasteiger partial charge in [0.25, 0.3) is 0 Å². The molecule has 1 N–H and O–H groups in total. The minimum Gasteiger partial charge on any atom is -0.494 e. The standard InChI is InChI=1S/C20H21BrClNO3/c1-2-26-18-9-8-14(21)12-16(18)19(13-5-3-6-15(22)11-13)23-10-4-7-17(23)20(24)25/h3,5-6,8-9,11-12,17,19H,2,4,7,10H2,1H3,(H,24,25). The number of carboxylic acid groups (broad SMARTS) is 1. The van der Waals surface area contributed by atoms with Gasteiger partial charge in [0.15, 0.2) is 0 Å². The van der Waals surface area contributed by atoms with Crippen molar-refractivity contribution in [3.63, 3.8) is 0 Å². The Morgan fingerprint density at radius 2 is 2.19 bits per heavy atom. The molecule has 1 fully saturated rings. The highest BCUT2D eigenvalue weighted by Gasteiger charge is 2.38. The second-order valence-electron chi connectivity index (χ2n) is 6.31. The van der Waals surface area contributed by atoms with E-state index >= 15 is 0 Å². The number of hydrogen-bond donors (Lipinski definition) is 1. The van der Waals surface area contributed by atoms with E-state index in [-0.39, 0.29) is 6.04 Å². The van der Waals surface area contributed by atoms with Crippen LogP contribution in [0.25, 0.3) is 0 Å². The number of carbonyl (C=O) groups is 1. The van der Waals surface area contributed by atoms with Crippen LogP contribution >= 0.6 is 27.5 Å². The summed E-state index contributed by atoms with van der Waals surface area (Å²) < 4.78 is 6.78. The monoisotopic (exact) mass is 437 g/mol. The van der Waals surface area contributed by atoms with Gasteiger partial charge in [-0.05, 0) is 55.7 Å². The van der Waals surface area contributed by atoms with Crippen molar-refractivity contribution in [1.82, 2.24) is 4.90 Å². The molecule has 0 amide bonds. The zero-order chi connectivity index (χ0) is 18.7. The molecule has 0 bridgehead atoms. The number of nitrogens with zero attached hydrogens (tertiary/aromatic N) is 1. The zero-order valence-electron chi connectivity index (χ0n) is 14.5. The summed E-state index contributed by atoms with van der Waals surface area (Å²) in [5.41, 5.74) is 1.90. The second-order valence-corrected chi connectivity index (χ2v) is 7.66. The van der Waals surface area contributed by atoms with E-state index in [0.717, 1.165) is 27.8 Å². The largest absolute Gasteiger partial charge is 0.494 e. The molecule has 0 saturated carbocycles. The van der Waals surface area contributed by atoms with E-state index in [1.165, 1.54) is 0 Å². The smallest absolute Gasteiger partial charge is 0.320 e. The summed E-state index contributed by atoms with van der Waals surface area (Å²) in [5.74, 6) is -0.0285. The summed E-state index contributed by atoms with van der Waals surface area (Å²) in [6, 6.07) is 12.7. The highest BCUT2D eigenvalue weighted by Crippen LogP contribution is 2.40. The van der Waals surface area contributed by atoms with E-state index in [2.05, 4.69) is 15.9 Å². The number of ether oxygens (including phenoxy) is 1. The molecule has 0 aromatic heterocycles. The van der Waals surface area contributed by atoms with Gasteiger partial charge < -0.3 is 9.84 Å². The molecule has 2 unspecified atom stereocenters. The first-order valence-electron chi connectivity index (χ1n) is 8.67. The molecule has 1 aliphatic heterocycles. The van der Waals surface area contributed by atoms with Crippen LogP contribution < -0.4 is 4.74 Å². The molecule has 2 aromatic rings. The second kappa shape index (κ2) is 8.42. The Bertz CT molecular complexity index is 798. The van der Waals surface area contributed by atoms with Crippen LogP contribution in [-0.2, 0) is 4.79 Å². The summed E-state index contributed by atoms with van der Waals surface area (Å²) >= 11 is 9.78. The SMILES string of the molecule is CCOc1ccc(Br)cc1C(c1cccc(Cl)c1)N1CCCC1C(=O)O. The maximum absolute atomic E-state index is 11.8. The van der Waals surface area contributed by atoms with Crippen molar-refractivity contribution in [3.8, 4) is 5.75 Å². The van der Waals surface area contributed by atoms with Gasteiger partial charge in [0, 0.05) is 21.6 Å². The molecule has 3 rings (SSSR count). The molecule has 138 valence electrons. The van der Waals surface area contributed by atoms with E-state index < -0.39 is 12.0 Å². The van der Waals surface area contributed by atoms with Gasteiger partial charge in [0.2, 0.25) is 0 Å². The van der Waals surface area contributed by atoms with Gasteiger partial charge in [-0.1, -0.05) is 39.7 Å². The van der Waals surface area contributed by atoms with E-state index in [4.69, 9.17) is 16.3 Å². The lowest BCUT2D eigenvalue weighted by atomic mass is 9.95. The van der Waals surface area contributed by atoms with Gasteiger partial charge >= 0.3 is 5.97 Å². The summed E-state index contributed by atoms with van der Waals surface area (Å²) in [6.07, 6.45) is 1.50. The van der Waals surface area contributed by atoms with Gasteiger partial charge in [-0.25, -0.2) is 0 Å². The Hall–Kier alpha value is -1.56. The van der Waals surface area contributed by atoms with Crippen LogP contribution in [0.3, 0.4) is 0 Å². The van der Waals surface area contributed by atoms with E-state index in [1.54, 1.807) is 0 Å². The van der Waals surface area contributed by atoms with Crippen molar-refractivity contribution in [2.75, 3.05) is 13.2 Å². The van der Waals surface area contributed by atoms with Crippen molar-refractivity contribution >= 4 is 33.5 Å². The van der Waals surface area contributed by atoms with Crippen LogP contribution in [0.4, 0.5) is 0 Å². The normalized spacial score (nSPS) is 18.7. The molecule has 2 atom stereocenters. The van der Waals surface area contributed by atoms with E-state index in [0.29, 0.717) is 24.6 Å². The first-order chi connectivity index (χ1) is 12.5. The maximum atomic E-state index is 11.8. The van der Waals surface area contributed by atoms with Crippen molar-refractivity contribution < 1.29 is 14.6 Å². The molecule has 1 saturated heterocycles. The molecule has 2 aromatic carbocycles. The Balaban J connectivity index is 2.15. The molecule has 26 heavy (non-hydrogen) atoms. The van der Waals surface area contributed by atoms with Crippen LogP contribution in [-0.4, -0.2) is 35.2 Å². The third kappa shape index (κ3) is 4.05. The quantitative estimate of drug-likeness (QED) is 0.678. The average Bonchev–Trinajstić information content (AvgIpc) is 3.07. The third-order valence-electron chi connectivity index (χ3n) is 4.64. The van der Waals surface area contributed by atoms with Gasteiger partial charge in [0.1, 0.15) is 11.8 Å². The number of halogens is 2. The van der Waals surface area contributed by atoms with Crippen molar-refractivity contribution in [1.29, 1.82) is 0 Å². The Morgan fingerprint density at radius 3 is 2.88 bits per heavy atom.